The molecule has 122 valence electrons. The second-order valence-corrected chi connectivity index (χ2v) is 7.10. The van der Waals surface area contributed by atoms with E-state index in [0.29, 0.717) is 0 Å². The molecule has 0 aliphatic carbocycles. The Labute approximate surface area is 133 Å². The lowest BCUT2D eigenvalue weighted by Crippen LogP contribution is -2.05. The first-order valence-electron chi connectivity index (χ1n) is 6.83. The summed E-state index contributed by atoms with van der Waals surface area (Å²) in [6.07, 6.45) is 0. The minimum Gasteiger partial charge on any atom is -0.379 e. The third kappa shape index (κ3) is 4.04. The molecular formula is C15H15FN2O4S. The summed E-state index contributed by atoms with van der Waals surface area (Å²) in [7, 11) is -3.25. The van der Waals surface area contributed by atoms with E-state index in [-0.39, 0.29) is 28.6 Å². The van der Waals surface area contributed by atoms with Crippen LogP contribution in [-0.2, 0) is 16.4 Å². The van der Waals surface area contributed by atoms with Crippen molar-refractivity contribution in [2.75, 3.05) is 11.1 Å². The molecule has 2 aromatic carbocycles. The van der Waals surface area contributed by atoms with Crippen LogP contribution < -0.4 is 5.32 Å². The molecule has 0 aliphatic rings. The number of nitro groups is 1. The van der Waals surface area contributed by atoms with E-state index >= 15 is 0 Å². The van der Waals surface area contributed by atoms with Crippen LogP contribution in [0.25, 0.3) is 0 Å². The smallest absolute Gasteiger partial charge is 0.272 e. The van der Waals surface area contributed by atoms with E-state index in [1.54, 1.807) is 19.1 Å². The standard InChI is InChI=1S/C15H15FN2O4S/c1-2-23(21,22)13-6-3-11(4-7-13)10-17-15-8-5-12(18(19)20)9-14(15)16/h3-9,17H,2,10H2,1H3. The van der Waals surface area contributed by atoms with Crippen LogP contribution in [0.4, 0.5) is 15.8 Å². The fourth-order valence-corrected chi connectivity index (χ4v) is 2.82. The lowest BCUT2D eigenvalue weighted by atomic mass is 10.2. The third-order valence-electron chi connectivity index (χ3n) is 3.31. The third-order valence-corrected chi connectivity index (χ3v) is 5.06. The summed E-state index contributed by atoms with van der Waals surface area (Å²) in [5.74, 6) is -0.692. The van der Waals surface area contributed by atoms with Crippen molar-refractivity contribution in [2.24, 2.45) is 0 Å². The first-order valence-corrected chi connectivity index (χ1v) is 8.48. The summed E-state index contributed by atoms with van der Waals surface area (Å²) in [6.45, 7) is 1.84. The van der Waals surface area contributed by atoms with Gasteiger partial charge in [-0.1, -0.05) is 19.1 Å². The summed E-state index contributed by atoms with van der Waals surface area (Å²) in [6, 6.07) is 9.63. The van der Waals surface area contributed by atoms with Crippen molar-refractivity contribution in [3.63, 3.8) is 0 Å². The molecule has 0 atom stereocenters. The molecule has 0 unspecified atom stereocenters. The summed E-state index contributed by atoms with van der Waals surface area (Å²) < 4.78 is 37.1. The molecule has 6 nitrogen and oxygen atoms in total. The monoisotopic (exact) mass is 338 g/mol. The molecule has 0 spiro atoms. The van der Waals surface area contributed by atoms with Gasteiger partial charge in [0.2, 0.25) is 0 Å². The Hall–Kier alpha value is -2.48. The van der Waals surface area contributed by atoms with E-state index in [4.69, 9.17) is 0 Å². The Balaban J connectivity index is 2.08. The predicted octanol–water partition coefficient (Wildman–Crippen LogP) is 3.14. The average Bonchev–Trinajstić information content (AvgIpc) is 2.54. The van der Waals surface area contributed by atoms with Crippen LogP contribution in [0.5, 0.6) is 0 Å². The molecule has 0 saturated heterocycles. The van der Waals surface area contributed by atoms with E-state index in [2.05, 4.69) is 5.32 Å². The van der Waals surface area contributed by atoms with Gasteiger partial charge in [-0.25, -0.2) is 12.8 Å². The lowest BCUT2D eigenvalue weighted by molar-refractivity contribution is -0.385. The quantitative estimate of drug-likeness (QED) is 0.645. The lowest BCUT2D eigenvalue weighted by Gasteiger charge is -2.08. The number of nitro benzene ring substituents is 1. The van der Waals surface area contributed by atoms with Crippen molar-refractivity contribution >= 4 is 21.2 Å². The Morgan fingerprint density at radius 3 is 2.35 bits per heavy atom. The first kappa shape index (κ1) is 16.9. The van der Waals surface area contributed by atoms with Gasteiger partial charge in [-0.15, -0.1) is 0 Å². The van der Waals surface area contributed by atoms with Gasteiger partial charge in [-0.3, -0.25) is 10.1 Å². The molecule has 2 rings (SSSR count). The van der Waals surface area contributed by atoms with E-state index in [9.17, 15) is 22.9 Å². The fourth-order valence-electron chi connectivity index (χ4n) is 1.94. The van der Waals surface area contributed by atoms with E-state index in [1.807, 2.05) is 0 Å². The SMILES string of the molecule is CCS(=O)(=O)c1ccc(CNc2ccc([N+](=O)[O-])cc2F)cc1. The largest absolute Gasteiger partial charge is 0.379 e. The first-order chi connectivity index (χ1) is 10.8. The molecule has 0 saturated carbocycles. The van der Waals surface area contributed by atoms with Gasteiger partial charge < -0.3 is 5.32 Å². The zero-order chi connectivity index (χ0) is 17.0. The summed E-state index contributed by atoms with van der Waals surface area (Å²) >= 11 is 0. The number of nitrogens with one attached hydrogen (secondary N) is 1. The molecule has 0 aromatic heterocycles. The molecule has 1 N–H and O–H groups in total. The number of non-ortho nitro benzene ring substituents is 1. The van der Waals surface area contributed by atoms with Crippen molar-refractivity contribution in [1.82, 2.24) is 0 Å². The van der Waals surface area contributed by atoms with Gasteiger partial charge in [0.1, 0.15) is 0 Å². The molecule has 0 aliphatic heterocycles. The van der Waals surface area contributed by atoms with Crippen molar-refractivity contribution in [2.45, 2.75) is 18.4 Å². The van der Waals surface area contributed by atoms with Crippen LogP contribution >= 0.6 is 0 Å². The number of anilines is 1. The van der Waals surface area contributed by atoms with Crippen LogP contribution in [0, 0.1) is 15.9 Å². The van der Waals surface area contributed by atoms with Crippen LogP contribution in [0.1, 0.15) is 12.5 Å². The maximum Gasteiger partial charge on any atom is 0.272 e. The highest BCUT2D eigenvalue weighted by atomic mass is 32.2. The second-order valence-electron chi connectivity index (χ2n) is 4.82. The highest BCUT2D eigenvalue weighted by Crippen LogP contribution is 2.21. The number of halogens is 1. The van der Waals surface area contributed by atoms with Gasteiger partial charge in [0.05, 0.1) is 27.3 Å². The highest BCUT2D eigenvalue weighted by Gasteiger charge is 2.12. The zero-order valence-corrected chi connectivity index (χ0v) is 13.1. The topological polar surface area (TPSA) is 89.3 Å². The Bertz CT molecular complexity index is 820. The normalized spacial score (nSPS) is 11.2. The minimum absolute atomic E-state index is 0.0264. The number of hydrogen-bond donors (Lipinski definition) is 1. The van der Waals surface area contributed by atoms with Gasteiger partial charge in [0, 0.05) is 12.6 Å². The van der Waals surface area contributed by atoms with Crippen LogP contribution in [-0.4, -0.2) is 19.1 Å². The number of rotatable bonds is 6. The molecule has 2 aromatic rings. The zero-order valence-electron chi connectivity index (χ0n) is 12.3. The van der Waals surface area contributed by atoms with Crippen LogP contribution in [0.3, 0.4) is 0 Å². The van der Waals surface area contributed by atoms with E-state index in [0.717, 1.165) is 11.6 Å². The van der Waals surface area contributed by atoms with Crippen molar-refractivity contribution < 1.29 is 17.7 Å². The molecule has 0 amide bonds. The average molecular weight is 338 g/mol. The summed E-state index contributed by atoms with van der Waals surface area (Å²) in [4.78, 5) is 10.1. The minimum atomic E-state index is -3.25. The van der Waals surface area contributed by atoms with Crippen molar-refractivity contribution in [3.05, 3.63) is 64.0 Å². The second kappa shape index (κ2) is 6.74. The van der Waals surface area contributed by atoms with Crippen molar-refractivity contribution in [1.29, 1.82) is 0 Å². The maximum atomic E-state index is 13.7. The Kier molecular flexibility index (Phi) is 4.95. The molecule has 8 heteroatoms. The fraction of sp³-hybridized carbons (Fsp3) is 0.200. The molecule has 0 bridgehead atoms. The van der Waals surface area contributed by atoms with Gasteiger partial charge in [0.15, 0.2) is 15.7 Å². The summed E-state index contributed by atoms with van der Waals surface area (Å²) in [5, 5.41) is 13.4. The van der Waals surface area contributed by atoms with Crippen LogP contribution in [0.2, 0.25) is 0 Å². The van der Waals surface area contributed by atoms with Crippen LogP contribution in [0.15, 0.2) is 47.4 Å². The molecule has 0 radical (unpaired) electrons. The number of sulfone groups is 1. The molecule has 23 heavy (non-hydrogen) atoms. The molecular weight excluding hydrogens is 323 g/mol. The predicted molar refractivity (Wildman–Crippen MR) is 84.5 cm³/mol. The van der Waals surface area contributed by atoms with Gasteiger partial charge >= 0.3 is 0 Å². The molecule has 0 fully saturated rings. The highest BCUT2D eigenvalue weighted by molar-refractivity contribution is 7.91. The molecule has 0 heterocycles. The van der Waals surface area contributed by atoms with Gasteiger partial charge in [0.25, 0.3) is 5.69 Å². The number of nitrogens with zero attached hydrogens (tertiary/aromatic N) is 1. The van der Waals surface area contributed by atoms with Crippen molar-refractivity contribution in [3.8, 4) is 0 Å². The maximum absolute atomic E-state index is 13.7. The number of hydrogen-bond acceptors (Lipinski definition) is 5. The summed E-state index contributed by atoms with van der Waals surface area (Å²) in [5.41, 5.74) is 0.584. The Morgan fingerprint density at radius 2 is 1.83 bits per heavy atom. The Morgan fingerprint density at radius 1 is 1.17 bits per heavy atom. The van der Waals surface area contributed by atoms with Gasteiger partial charge in [-0.05, 0) is 23.8 Å². The number of benzene rings is 2. The van der Waals surface area contributed by atoms with E-state index in [1.165, 1.54) is 24.3 Å². The van der Waals surface area contributed by atoms with E-state index < -0.39 is 20.6 Å². The van der Waals surface area contributed by atoms with Gasteiger partial charge in [-0.2, -0.15) is 0 Å².